The number of fused-ring (bicyclic) bond motifs is 1. The average Bonchev–Trinajstić information content (AvgIpc) is 2.75. The van der Waals surface area contributed by atoms with E-state index in [2.05, 4.69) is 4.98 Å². The van der Waals surface area contributed by atoms with Crippen molar-refractivity contribution in [1.82, 2.24) is 9.55 Å². The van der Waals surface area contributed by atoms with Gasteiger partial charge in [0, 0.05) is 7.11 Å². The topological polar surface area (TPSA) is 70.4 Å². The van der Waals surface area contributed by atoms with Gasteiger partial charge in [-0.1, -0.05) is 0 Å². The van der Waals surface area contributed by atoms with Crippen LogP contribution in [0.3, 0.4) is 0 Å². The van der Waals surface area contributed by atoms with Crippen molar-refractivity contribution in [3.05, 3.63) is 26.6 Å². The molecule has 2 aromatic rings. The number of rotatable bonds is 5. The highest BCUT2D eigenvalue weighted by Crippen LogP contribution is 2.28. The molecule has 0 bridgehead atoms. The molecule has 0 aromatic carbocycles. The number of nitrogens with zero attached hydrogens (tertiary/aromatic N) is 2. The zero-order chi connectivity index (χ0) is 16.4. The van der Waals surface area contributed by atoms with E-state index in [1.807, 2.05) is 0 Å². The lowest BCUT2D eigenvalue weighted by Gasteiger charge is -2.08. The molecule has 0 aliphatic carbocycles. The van der Waals surface area contributed by atoms with Crippen LogP contribution >= 0.6 is 11.3 Å². The predicted octanol–water partition coefficient (Wildman–Crippen LogP) is 2.29. The maximum absolute atomic E-state index is 12.7. The number of esters is 1. The van der Waals surface area contributed by atoms with Gasteiger partial charge in [-0.15, -0.1) is 11.3 Å². The molecule has 2 aromatic heterocycles. The largest absolute Gasteiger partial charge is 0.459 e. The predicted molar refractivity (Wildman–Crippen MR) is 85.8 cm³/mol. The van der Waals surface area contributed by atoms with Crippen molar-refractivity contribution < 1.29 is 14.3 Å². The molecule has 0 aliphatic rings. The Bertz CT molecular complexity index is 761. The van der Waals surface area contributed by atoms with Gasteiger partial charge in [0.25, 0.3) is 5.56 Å². The second-order valence-electron chi connectivity index (χ2n) is 5.30. The molecule has 0 saturated heterocycles. The van der Waals surface area contributed by atoms with Crippen LogP contribution < -0.4 is 5.56 Å². The first-order valence-corrected chi connectivity index (χ1v) is 7.89. The minimum Gasteiger partial charge on any atom is -0.459 e. The van der Waals surface area contributed by atoms with E-state index in [4.69, 9.17) is 9.47 Å². The van der Waals surface area contributed by atoms with Gasteiger partial charge in [0.2, 0.25) is 0 Å². The molecule has 2 heterocycles. The molecule has 2 rings (SSSR count). The molecule has 120 valence electrons. The van der Waals surface area contributed by atoms with Crippen molar-refractivity contribution in [2.75, 3.05) is 13.7 Å². The third-order valence-corrected chi connectivity index (χ3v) is 4.45. The van der Waals surface area contributed by atoms with E-state index in [-0.39, 0.29) is 11.7 Å². The minimum atomic E-state index is -0.406. The summed E-state index contributed by atoms with van der Waals surface area (Å²) in [6.45, 7) is 7.98. The molecule has 7 heteroatoms. The quantitative estimate of drug-likeness (QED) is 0.789. The number of carbonyl (C=O) groups is 1. The Labute approximate surface area is 132 Å². The SMILES string of the molecule is COCCn1c(C)nc2sc(C(=O)OC(C)C)c(C)c2c1=O. The van der Waals surface area contributed by atoms with E-state index in [0.29, 0.717) is 39.6 Å². The van der Waals surface area contributed by atoms with Gasteiger partial charge in [0.05, 0.1) is 24.6 Å². The standard InChI is InChI=1S/C15H20N2O4S/c1-8(2)21-15(19)12-9(3)11-13(22-12)16-10(4)17(14(11)18)6-7-20-5/h8H,6-7H2,1-5H3. The summed E-state index contributed by atoms with van der Waals surface area (Å²) in [5, 5.41) is 0.488. The van der Waals surface area contributed by atoms with Crippen LogP contribution in [0.4, 0.5) is 0 Å². The number of thiophene rings is 1. The fourth-order valence-electron chi connectivity index (χ4n) is 2.23. The molecule has 0 unspecified atom stereocenters. The van der Waals surface area contributed by atoms with E-state index in [9.17, 15) is 9.59 Å². The van der Waals surface area contributed by atoms with Gasteiger partial charge in [-0.3, -0.25) is 9.36 Å². The summed E-state index contributed by atoms with van der Waals surface area (Å²) >= 11 is 1.20. The maximum atomic E-state index is 12.7. The zero-order valence-electron chi connectivity index (χ0n) is 13.4. The first-order chi connectivity index (χ1) is 10.4. The number of methoxy groups -OCH3 is 1. The molecule has 0 atom stereocenters. The average molecular weight is 324 g/mol. The highest BCUT2D eigenvalue weighted by atomic mass is 32.1. The molecule has 0 fully saturated rings. The van der Waals surface area contributed by atoms with E-state index in [0.717, 1.165) is 0 Å². The van der Waals surface area contributed by atoms with Crippen molar-refractivity contribution in [2.45, 2.75) is 40.3 Å². The van der Waals surface area contributed by atoms with Crippen LogP contribution in [0.2, 0.25) is 0 Å². The Hall–Kier alpha value is -1.73. The van der Waals surface area contributed by atoms with Crippen LogP contribution in [0.15, 0.2) is 4.79 Å². The number of aromatic nitrogens is 2. The molecule has 6 nitrogen and oxygen atoms in total. The fraction of sp³-hybridized carbons (Fsp3) is 0.533. The van der Waals surface area contributed by atoms with Crippen LogP contribution in [0.25, 0.3) is 10.2 Å². The Balaban J connectivity index is 2.58. The second-order valence-corrected chi connectivity index (χ2v) is 6.30. The lowest BCUT2D eigenvalue weighted by atomic mass is 10.2. The number of carbonyl (C=O) groups excluding carboxylic acids is 1. The first-order valence-electron chi connectivity index (χ1n) is 7.07. The van der Waals surface area contributed by atoms with E-state index in [1.54, 1.807) is 39.4 Å². The Morgan fingerprint density at radius 1 is 1.36 bits per heavy atom. The lowest BCUT2D eigenvalue weighted by molar-refractivity contribution is 0.0383. The minimum absolute atomic E-state index is 0.142. The summed E-state index contributed by atoms with van der Waals surface area (Å²) in [6, 6.07) is 0. The molecule has 0 radical (unpaired) electrons. The number of aryl methyl sites for hydroxylation is 2. The van der Waals surface area contributed by atoms with E-state index in [1.165, 1.54) is 11.3 Å². The van der Waals surface area contributed by atoms with Gasteiger partial charge in [-0.2, -0.15) is 0 Å². The van der Waals surface area contributed by atoms with Gasteiger partial charge in [0.15, 0.2) is 0 Å². The van der Waals surface area contributed by atoms with Crippen LogP contribution in [0.5, 0.6) is 0 Å². The number of ether oxygens (including phenoxy) is 2. The summed E-state index contributed by atoms with van der Waals surface area (Å²) < 4.78 is 11.8. The van der Waals surface area contributed by atoms with Gasteiger partial charge in [-0.25, -0.2) is 9.78 Å². The highest BCUT2D eigenvalue weighted by Gasteiger charge is 2.22. The zero-order valence-corrected chi connectivity index (χ0v) is 14.2. The van der Waals surface area contributed by atoms with Gasteiger partial charge < -0.3 is 9.47 Å². The maximum Gasteiger partial charge on any atom is 0.348 e. The highest BCUT2D eigenvalue weighted by molar-refractivity contribution is 7.20. The molecule has 0 N–H and O–H groups in total. The molecule has 22 heavy (non-hydrogen) atoms. The third kappa shape index (κ3) is 3.05. The first kappa shape index (κ1) is 16.6. The second kappa shape index (κ2) is 6.58. The summed E-state index contributed by atoms with van der Waals surface area (Å²) in [5.74, 6) is 0.204. The van der Waals surface area contributed by atoms with Crippen LogP contribution in [-0.2, 0) is 16.0 Å². The Morgan fingerprint density at radius 2 is 2.05 bits per heavy atom. The molecular weight excluding hydrogens is 304 g/mol. The van der Waals surface area contributed by atoms with Crippen molar-refractivity contribution in [2.24, 2.45) is 0 Å². The van der Waals surface area contributed by atoms with Crippen molar-refractivity contribution >= 4 is 27.5 Å². The normalized spacial score (nSPS) is 11.4. The summed E-state index contributed by atoms with van der Waals surface area (Å²) in [6.07, 6.45) is -0.204. The molecule has 0 spiro atoms. The van der Waals surface area contributed by atoms with Crippen LogP contribution in [0.1, 0.15) is 34.9 Å². The van der Waals surface area contributed by atoms with Gasteiger partial charge in [-0.05, 0) is 33.3 Å². The molecule has 0 amide bonds. The third-order valence-electron chi connectivity index (χ3n) is 3.29. The van der Waals surface area contributed by atoms with Gasteiger partial charge >= 0.3 is 5.97 Å². The number of hydrogen-bond acceptors (Lipinski definition) is 6. The summed E-state index contributed by atoms with van der Waals surface area (Å²) in [5.41, 5.74) is 0.492. The Morgan fingerprint density at radius 3 is 2.64 bits per heavy atom. The molecular formula is C15H20N2O4S. The van der Waals surface area contributed by atoms with Crippen LogP contribution in [0, 0.1) is 13.8 Å². The van der Waals surface area contributed by atoms with Gasteiger partial charge in [0.1, 0.15) is 15.5 Å². The summed E-state index contributed by atoms with van der Waals surface area (Å²) in [7, 11) is 1.59. The van der Waals surface area contributed by atoms with E-state index >= 15 is 0 Å². The monoisotopic (exact) mass is 324 g/mol. The fourth-order valence-corrected chi connectivity index (χ4v) is 3.33. The van der Waals surface area contributed by atoms with Crippen molar-refractivity contribution in [1.29, 1.82) is 0 Å². The Kier molecular flexibility index (Phi) is 4.97. The molecule has 0 saturated carbocycles. The van der Waals surface area contributed by atoms with Crippen molar-refractivity contribution in [3.63, 3.8) is 0 Å². The molecule has 0 aliphatic heterocycles. The summed E-state index contributed by atoms with van der Waals surface area (Å²) in [4.78, 5) is 30.3. The lowest BCUT2D eigenvalue weighted by Crippen LogP contribution is -2.25. The van der Waals surface area contributed by atoms with Crippen molar-refractivity contribution in [3.8, 4) is 0 Å². The van der Waals surface area contributed by atoms with E-state index < -0.39 is 5.97 Å². The number of hydrogen-bond donors (Lipinski definition) is 0. The smallest absolute Gasteiger partial charge is 0.348 e. The van der Waals surface area contributed by atoms with Crippen LogP contribution in [-0.4, -0.2) is 35.3 Å².